The van der Waals surface area contributed by atoms with Crippen molar-refractivity contribution in [2.75, 3.05) is 0 Å². The smallest absolute Gasteiger partial charge is 0.179 e. The Morgan fingerprint density at radius 3 is 2.58 bits per heavy atom. The molecular weight excluding hydrogens is 371 g/mol. The van der Waals surface area contributed by atoms with Gasteiger partial charge < -0.3 is 4.57 Å². The molecule has 4 aromatic rings. The molecule has 0 amide bonds. The van der Waals surface area contributed by atoms with Crippen LogP contribution in [0.3, 0.4) is 0 Å². The molecule has 0 bridgehead atoms. The summed E-state index contributed by atoms with van der Waals surface area (Å²) in [7, 11) is 0. The molecule has 3 heterocycles. The molecule has 0 radical (unpaired) electrons. The maximum absolute atomic E-state index is 6.03. The highest BCUT2D eigenvalue weighted by Crippen LogP contribution is 2.26. The van der Waals surface area contributed by atoms with Crippen LogP contribution in [0.15, 0.2) is 55.1 Å². The van der Waals surface area contributed by atoms with Crippen LogP contribution in [0.4, 0.5) is 0 Å². The summed E-state index contributed by atoms with van der Waals surface area (Å²) < 4.78 is 2.04. The Hall–Kier alpha value is -2.70. The van der Waals surface area contributed by atoms with Crippen molar-refractivity contribution in [2.45, 2.75) is 13.0 Å². The van der Waals surface area contributed by atoms with Gasteiger partial charge in [0.25, 0.3) is 0 Å². The molecule has 4 rings (SSSR count). The summed E-state index contributed by atoms with van der Waals surface area (Å²) in [5.41, 5.74) is 4.21. The summed E-state index contributed by atoms with van der Waals surface area (Å²) in [5, 5.41) is 11.5. The molecule has 130 valence electrons. The second-order valence-electron chi connectivity index (χ2n) is 5.77. The normalized spacial score (nSPS) is 11.0. The molecule has 0 atom stereocenters. The van der Waals surface area contributed by atoms with Crippen molar-refractivity contribution in [3.05, 3.63) is 70.9 Å². The maximum atomic E-state index is 6.03. The van der Waals surface area contributed by atoms with Gasteiger partial charge in [-0.1, -0.05) is 35.3 Å². The summed E-state index contributed by atoms with van der Waals surface area (Å²) in [6.45, 7) is 0.823. The second kappa shape index (κ2) is 7.27. The molecule has 1 N–H and O–H groups in total. The van der Waals surface area contributed by atoms with E-state index in [0.717, 1.165) is 34.9 Å². The van der Waals surface area contributed by atoms with E-state index in [2.05, 4.69) is 25.4 Å². The van der Waals surface area contributed by atoms with E-state index in [1.807, 2.05) is 53.5 Å². The highest BCUT2D eigenvalue weighted by molar-refractivity contribution is 6.31. The van der Waals surface area contributed by atoms with Gasteiger partial charge in [0.1, 0.15) is 11.4 Å². The number of hydrogen-bond acceptors (Lipinski definition) is 4. The van der Waals surface area contributed by atoms with Crippen LogP contribution in [-0.2, 0) is 13.0 Å². The monoisotopic (exact) mass is 384 g/mol. The molecule has 0 saturated heterocycles. The van der Waals surface area contributed by atoms with Gasteiger partial charge in [0.15, 0.2) is 5.15 Å². The number of H-pyrrole nitrogens is 1. The first-order valence-electron chi connectivity index (χ1n) is 7.98. The number of nitrogens with zero attached hydrogens (tertiary/aromatic N) is 5. The molecule has 0 fully saturated rings. The molecule has 0 unspecified atom stereocenters. The number of hydrogen-bond donors (Lipinski definition) is 1. The highest BCUT2D eigenvalue weighted by atomic mass is 35.5. The van der Waals surface area contributed by atoms with Gasteiger partial charge in [-0.15, -0.1) is 5.10 Å². The molecule has 6 nitrogen and oxygen atoms in total. The highest BCUT2D eigenvalue weighted by Gasteiger charge is 2.11. The Bertz CT molecular complexity index is 1020. The number of benzene rings is 1. The zero-order valence-corrected chi connectivity index (χ0v) is 15.1. The van der Waals surface area contributed by atoms with Crippen LogP contribution in [-0.4, -0.2) is 29.9 Å². The van der Waals surface area contributed by atoms with Crippen molar-refractivity contribution in [1.29, 1.82) is 0 Å². The topological polar surface area (TPSA) is 72.3 Å². The number of rotatable bonds is 5. The molecule has 0 aliphatic rings. The predicted molar refractivity (Wildman–Crippen MR) is 101 cm³/mol. The van der Waals surface area contributed by atoms with Gasteiger partial charge in [0.2, 0.25) is 0 Å². The van der Waals surface area contributed by atoms with E-state index < -0.39 is 0 Å². The molecule has 3 aromatic heterocycles. The van der Waals surface area contributed by atoms with Crippen molar-refractivity contribution >= 4 is 23.2 Å². The molecule has 0 aliphatic carbocycles. The van der Waals surface area contributed by atoms with Crippen LogP contribution in [0, 0.1) is 0 Å². The number of halogens is 2. The molecule has 0 spiro atoms. The lowest BCUT2D eigenvalue weighted by Gasteiger charge is -2.03. The first-order chi connectivity index (χ1) is 12.7. The third-order valence-electron chi connectivity index (χ3n) is 4.01. The number of pyridine rings is 1. The Morgan fingerprint density at radius 1 is 0.962 bits per heavy atom. The molecule has 8 heteroatoms. The first kappa shape index (κ1) is 16.8. The van der Waals surface area contributed by atoms with Gasteiger partial charge in [0, 0.05) is 29.5 Å². The first-order valence-corrected chi connectivity index (χ1v) is 8.74. The number of aromatic amines is 1. The average molecular weight is 385 g/mol. The van der Waals surface area contributed by atoms with Gasteiger partial charge in [-0.25, -0.2) is 4.98 Å². The molecule has 0 aliphatic heterocycles. The summed E-state index contributed by atoms with van der Waals surface area (Å²) in [6.07, 6.45) is 6.40. The van der Waals surface area contributed by atoms with E-state index in [1.165, 1.54) is 5.56 Å². The number of nitrogens with one attached hydrogen (secondary N) is 1. The zero-order valence-electron chi connectivity index (χ0n) is 13.6. The van der Waals surface area contributed by atoms with Crippen LogP contribution in [0.5, 0.6) is 0 Å². The van der Waals surface area contributed by atoms with Gasteiger partial charge in [-0.05, 0) is 36.2 Å². The Balaban J connectivity index is 1.51. The quantitative estimate of drug-likeness (QED) is 0.557. The molecule has 0 saturated carbocycles. The number of aryl methyl sites for hydroxylation is 2. The summed E-state index contributed by atoms with van der Waals surface area (Å²) in [4.78, 5) is 8.86. The standard InChI is InChI=1S/C18H14Cl2N6/c19-14-3-1-12(2-4-14)6-8-26-10-16(22-11-26)15-9-13(5-7-21-15)17-18(20)24-25-23-17/h1-5,7,9-11H,6,8H2,(H,23,24,25). The minimum atomic E-state index is 0.329. The van der Waals surface area contributed by atoms with E-state index in [9.17, 15) is 0 Å². The van der Waals surface area contributed by atoms with Crippen LogP contribution in [0.1, 0.15) is 5.56 Å². The van der Waals surface area contributed by atoms with E-state index in [4.69, 9.17) is 23.2 Å². The fourth-order valence-electron chi connectivity index (χ4n) is 2.64. The largest absolute Gasteiger partial charge is 0.336 e. The average Bonchev–Trinajstić information content (AvgIpc) is 3.30. The minimum Gasteiger partial charge on any atom is -0.336 e. The second-order valence-corrected chi connectivity index (χ2v) is 6.56. The van der Waals surface area contributed by atoms with Gasteiger partial charge >= 0.3 is 0 Å². The van der Waals surface area contributed by atoms with E-state index in [0.29, 0.717) is 10.8 Å². The summed E-state index contributed by atoms with van der Waals surface area (Å²) in [5.74, 6) is 0. The van der Waals surface area contributed by atoms with Crippen molar-refractivity contribution < 1.29 is 0 Å². The minimum absolute atomic E-state index is 0.329. The maximum Gasteiger partial charge on any atom is 0.179 e. The Kier molecular flexibility index (Phi) is 4.69. The lowest BCUT2D eigenvalue weighted by Crippen LogP contribution is -1.98. The summed E-state index contributed by atoms with van der Waals surface area (Å²) >= 11 is 12.0. The predicted octanol–water partition coefficient (Wildman–Crippen LogP) is 4.28. The molecule has 1 aromatic carbocycles. The Morgan fingerprint density at radius 2 is 1.81 bits per heavy atom. The zero-order chi connectivity index (χ0) is 17.9. The third kappa shape index (κ3) is 3.61. The number of imidazole rings is 1. The van der Waals surface area contributed by atoms with Crippen LogP contribution in [0.2, 0.25) is 10.2 Å². The van der Waals surface area contributed by atoms with Gasteiger partial charge in [-0.3, -0.25) is 4.98 Å². The van der Waals surface area contributed by atoms with E-state index >= 15 is 0 Å². The van der Waals surface area contributed by atoms with Gasteiger partial charge in [-0.2, -0.15) is 10.3 Å². The SMILES string of the molecule is Clc1ccc(CCn2cnc(-c3cc(-c4n[nH]nc4Cl)ccn3)c2)cc1. The van der Waals surface area contributed by atoms with E-state index in [1.54, 1.807) is 6.20 Å². The van der Waals surface area contributed by atoms with Crippen LogP contribution >= 0.6 is 23.2 Å². The Labute approximate surface area is 159 Å². The molecular formula is C18H14Cl2N6. The fourth-order valence-corrected chi connectivity index (χ4v) is 2.96. The van der Waals surface area contributed by atoms with Crippen molar-refractivity contribution in [1.82, 2.24) is 29.9 Å². The van der Waals surface area contributed by atoms with Crippen molar-refractivity contribution in [3.8, 4) is 22.6 Å². The van der Waals surface area contributed by atoms with E-state index in [-0.39, 0.29) is 0 Å². The molecule has 26 heavy (non-hydrogen) atoms. The third-order valence-corrected chi connectivity index (χ3v) is 4.52. The lowest BCUT2D eigenvalue weighted by molar-refractivity contribution is 0.696. The van der Waals surface area contributed by atoms with Gasteiger partial charge in [0.05, 0.1) is 12.0 Å². The van der Waals surface area contributed by atoms with Crippen LogP contribution < -0.4 is 0 Å². The van der Waals surface area contributed by atoms with Crippen molar-refractivity contribution in [2.24, 2.45) is 0 Å². The fraction of sp³-hybridized carbons (Fsp3) is 0.111. The summed E-state index contributed by atoms with van der Waals surface area (Å²) in [6, 6.07) is 11.6. The van der Waals surface area contributed by atoms with Crippen molar-refractivity contribution in [3.63, 3.8) is 0 Å². The number of aromatic nitrogens is 6. The lowest BCUT2D eigenvalue weighted by atomic mass is 10.1. The van der Waals surface area contributed by atoms with Crippen LogP contribution in [0.25, 0.3) is 22.6 Å².